The van der Waals surface area contributed by atoms with Crippen molar-refractivity contribution in [2.75, 3.05) is 12.3 Å². The summed E-state index contributed by atoms with van der Waals surface area (Å²) in [6.07, 6.45) is 3.87. The summed E-state index contributed by atoms with van der Waals surface area (Å²) in [5.41, 5.74) is 7.02. The van der Waals surface area contributed by atoms with Crippen molar-refractivity contribution in [2.24, 2.45) is 0 Å². The molecule has 1 aromatic rings. The second kappa shape index (κ2) is 5.51. The van der Waals surface area contributed by atoms with Crippen LogP contribution in [0.25, 0.3) is 0 Å². The van der Waals surface area contributed by atoms with E-state index in [0.717, 1.165) is 25.7 Å². The van der Waals surface area contributed by atoms with E-state index >= 15 is 0 Å². The van der Waals surface area contributed by atoms with Crippen LogP contribution in [0.5, 0.6) is 0 Å². The van der Waals surface area contributed by atoms with Crippen LogP contribution in [0.2, 0.25) is 0 Å². The third kappa shape index (κ3) is 2.62. The minimum Gasteiger partial charge on any atom is -0.398 e. The highest BCUT2D eigenvalue weighted by Crippen LogP contribution is 2.29. The molecule has 106 valence electrons. The first-order valence-electron chi connectivity index (χ1n) is 6.85. The van der Waals surface area contributed by atoms with Gasteiger partial charge >= 0.3 is 0 Å². The zero-order valence-electron chi connectivity index (χ0n) is 11.6. The van der Waals surface area contributed by atoms with Gasteiger partial charge in [-0.2, -0.15) is 4.31 Å². The highest BCUT2D eigenvalue weighted by molar-refractivity contribution is 7.89. The Hall–Kier alpha value is -1.07. The molecule has 1 heterocycles. The molecule has 1 aliphatic rings. The van der Waals surface area contributed by atoms with E-state index in [9.17, 15) is 8.42 Å². The van der Waals surface area contributed by atoms with E-state index in [1.807, 2.05) is 6.92 Å². The first-order chi connectivity index (χ1) is 8.98. The van der Waals surface area contributed by atoms with E-state index in [4.69, 9.17) is 5.73 Å². The lowest BCUT2D eigenvalue weighted by Crippen LogP contribution is -2.43. The first-order valence-corrected chi connectivity index (χ1v) is 8.29. The molecule has 19 heavy (non-hydrogen) atoms. The van der Waals surface area contributed by atoms with Gasteiger partial charge in [0.15, 0.2) is 0 Å². The smallest absolute Gasteiger partial charge is 0.243 e. The largest absolute Gasteiger partial charge is 0.398 e. The summed E-state index contributed by atoms with van der Waals surface area (Å²) in [6, 6.07) is 5.23. The van der Waals surface area contributed by atoms with Gasteiger partial charge in [-0.15, -0.1) is 0 Å². The van der Waals surface area contributed by atoms with Gasteiger partial charge in [-0.25, -0.2) is 8.42 Å². The molecule has 0 aliphatic carbocycles. The SMILES string of the molecule is CCC1CCCCN1S(=O)(=O)c1cccc(N)c1C. The molecule has 1 fully saturated rings. The van der Waals surface area contributed by atoms with Crippen LogP contribution in [0.3, 0.4) is 0 Å². The Morgan fingerprint density at radius 3 is 2.79 bits per heavy atom. The summed E-state index contributed by atoms with van der Waals surface area (Å²) < 4.78 is 27.3. The Morgan fingerprint density at radius 1 is 1.37 bits per heavy atom. The van der Waals surface area contributed by atoms with E-state index in [1.54, 1.807) is 29.4 Å². The summed E-state index contributed by atoms with van der Waals surface area (Å²) >= 11 is 0. The first kappa shape index (κ1) is 14.3. The Morgan fingerprint density at radius 2 is 2.11 bits per heavy atom. The summed E-state index contributed by atoms with van der Waals surface area (Å²) in [7, 11) is -3.42. The van der Waals surface area contributed by atoms with Crippen molar-refractivity contribution >= 4 is 15.7 Å². The van der Waals surface area contributed by atoms with Crippen LogP contribution in [-0.2, 0) is 10.0 Å². The van der Waals surface area contributed by atoms with E-state index in [-0.39, 0.29) is 6.04 Å². The number of anilines is 1. The zero-order valence-corrected chi connectivity index (χ0v) is 12.4. The average molecular weight is 282 g/mol. The van der Waals surface area contributed by atoms with Crippen LogP contribution in [0.4, 0.5) is 5.69 Å². The molecule has 1 aromatic carbocycles. The van der Waals surface area contributed by atoms with E-state index in [2.05, 4.69) is 0 Å². The number of nitrogen functional groups attached to an aromatic ring is 1. The predicted octanol–water partition coefficient (Wildman–Crippen LogP) is 2.53. The number of hydrogen-bond acceptors (Lipinski definition) is 3. The average Bonchev–Trinajstić information content (AvgIpc) is 2.41. The second-order valence-electron chi connectivity index (χ2n) is 5.14. The topological polar surface area (TPSA) is 63.4 Å². The molecule has 0 bridgehead atoms. The third-order valence-electron chi connectivity index (χ3n) is 3.96. The molecular weight excluding hydrogens is 260 g/mol. The Kier molecular flexibility index (Phi) is 4.16. The number of rotatable bonds is 3. The fourth-order valence-electron chi connectivity index (χ4n) is 2.74. The van der Waals surface area contributed by atoms with Gasteiger partial charge in [-0.1, -0.05) is 19.4 Å². The van der Waals surface area contributed by atoms with E-state index < -0.39 is 10.0 Å². The summed E-state index contributed by atoms with van der Waals surface area (Å²) in [5, 5.41) is 0. The molecule has 1 atom stereocenters. The van der Waals surface area contributed by atoms with Gasteiger partial charge in [0, 0.05) is 18.3 Å². The quantitative estimate of drug-likeness (QED) is 0.866. The van der Waals surface area contributed by atoms with Crippen molar-refractivity contribution in [1.82, 2.24) is 4.31 Å². The molecule has 1 saturated heterocycles. The molecule has 2 N–H and O–H groups in total. The number of nitrogens with two attached hydrogens (primary N) is 1. The Bertz CT molecular complexity index is 555. The summed E-state index contributed by atoms with van der Waals surface area (Å²) in [5.74, 6) is 0. The Balaban J connectivity index is 2.44. The standard InChI is InChI=1S/C14H22N2O2S/c1-3-12-7-4-5-10-16(12)19(17,18)14-9-6-8-13(15)11(14)2/h6,8-9,12H,3-5,7,10,15H2,1-2H3. The van der Waals surface area contributed by atoms with Gasteiger partial charge in [0.05, 0.1) is 4.90 Å². The maximum absolute atomic E-state index is 12.8. The van der Waals surface area contributed by atoms with Crippen molar-refractivity contribution in [3.63, 3.8) is 0 Å². The number of hydrogen-bond donors (Lipinski definition) is 1. The molecule has 0 saturated carbocycles. The lowest BCUT2D eigenvalue weighted by atomic mass is 10.0. The van der Waals surface area contributed by atoms with Crippen LogP contribution in [0.1, 0.15) is 38.2 Å². The highest BCUT2D eigenvalue weighted by Gasteiger charge is 2.33. The molecule has 0 amide bonds. The second-order valence-corrected chi connectivity index (χ2v) is 7.00. The van der Waals surface area contributed by atoms with Crippen LogP contribution in [0, 0.1) is 6.92 Å². The van der Waals surface area contributed by atoms with Gasteiger partial charge < -0.3 is 5.73 Å². The van der Waals surface area contributed by atoms with Crippen molar-refractivity contribution in [1.29, 1.82) is 0 Å². The zero-order chi connectivity index (χ0) is 14.0. The summed E-state index contributed by atoms with van der Waals surface area (Å²) in [6.45, 7) is 4.44. The van der Waals surface area contributed by atoms with Crippen LogP contribution < -0.4 is 5.73 Å². The van der Waals surface area contributed by atoms with Gasteiger partial charge in [0.2, 0.25) is 10.0 Å². The maximum Gasteiger partial charge on any atom is 0.243 e. The van der Waals surface area contributed by atoms with Crippen LogP contribution >= 0.6 is 0 Å². The fraction of sp³-hybridized carbons (Fsp3) is 0.571. The van der Waals surface area contributed by atoms with Gasteiger partial charge in [-0.05, 0) is 43.9 Å². The third-order valence-corrected chi connectivity index (χ3v) is 6.05. The number of sulfonamides is 1. The number of piperidine rings is 1. The van der Waals surface area contributed by atoms with E-state index in [1.165, 1.54) is 0 Å². The predicted molar refractivity (Wildman–Crippen MR) is 77.4 cm³/mol. The minimum absolute atomic E-state index is 0.125. The van der Waals surface area contributed by atoms with Crippen LogP contribution in [0.15, 0.2) is 23.1 Å². The lowest BCUT2D eigenvalue weighted by Gasteiger charge is -2.34. The lowest BCUT2D eigenvalue weighted by molar-refractivity contribution is 0.246. The molecule has 0 radical (unpaired) electrons. The maximum atomic E-state index is 12.8. The van der Waals surface area contributed by atoms with Crippen LogP contribution in [-0.4, -0.2) is 25.3 Å². The van der Waals surface area contributed by atoms with Gasteiger partial charge in [0.1, 0.15) is 0 Å². The molecule has 4 nitrogen and oxygen atoms in total. The van der Waals surface area contributed by atoms with Gasteiger partial charge in [-0.3, -0.25) is 0 Å². The number of nitrogens with zero attached hydrogens (tertiary/aromatic N) is 1. The molecule has 0 aromatic heterocycles. The molecule has 2 rings (SSSR count). The van der Waals surface area contributed by atoms with Crippen molar-refractivity contribution in [3.05, 3.63) is 23.8 Å². The molecule has 1 aliphatic heterocycles. The molecule has 5 heteroatoms. The van der Waals surface area contributed by atoms with E-state index in [0.29, 0.717) is 22.7 Å². The number of benzene rings is 1. The highest BCUT2D eigenvalue weighted by atomic mass is 32.2. The van der Waals surface area contributed by atoms with Crippen molar-refractivity contribution in [2.45, 2.75) is 50.5 Å². The minimum atomic E-state index is -3.42. The molecule has 1 unspecified atom stereocenters. The summed E-state index contributed by atoms with van der Waals surface area (Å²) in [4.78, 5) is 0.354. The Labute approximate surface area is 115 Å². The van der Waals surface area contributed by atoms with Gasteiger partial charge in [0.25, 0.3) is 0 Å². The molecule has 0 spiro atoms. The van der Waals surface area contributed by atoms with Crippen molar-refractivity contribution in [3.8, 4) is 0 Å². The van der Waals surface area contributed by atoms with Crippen molar-refractivity contribution < 1.29 is 8.42 Å². The molecular formula is C14H22N2O2S. The monoisotopic (exact) mass is 282 g/mol. The fourth-order valence-corrected chi connectivity index (χ4v) is 4.76. The normalized spacial score (nSPS) is 21.5.